The van der Waals surface area contributed by atoms with Crippen LogP contribution in [0.2, 0.25) is 0 Å². The number of rotatable bonds is 10. The number of carboxylic acid groups (broad SMARTS) is 1. The minimum atomic E-state index is -0.833. The van der Waals surface area contributed by atoms with Crippen LogP contribution in [0.4, 0.5) is 5.69 Å². The summed E-state index contributed by atoms with van der Waals surface area (Å²) >= 11 is 0. The lowest BCUT2D eigenvalue weighted by atomic mass is 10.0. The molecule has 14 heteroatoms. The summed E-state index contributed by atoms with van der Waals surface area (Å²) in [6.07, 6.45) is 4.96. The van der Waals surface area contributed by atoms with E-state index in [1.165, 1.54) is 6.20 Å². The third-order valence-corrected chi connectivity index (χ3v) is 5.83. The van der Waals surface area contributed by atoms with E-state index in [4.69, 9.17) is 30.5 Å². The number of carbonyl (C=O) groups is 1. The van der Waals surface area contributed by atoms with E-state index in [0.717, 1.165) is 28.4 Å². The number of aliphatic carboxylic acids is 1. The number of nitrogens with two attached hydrogens (primary N) is 1. The molecular formula is C29H29N9O5. The summed E-state index contributed by atoms with van der Waals surface area (Å²) < 4.78 is 12.8. The highest BCUT2D eigenvalue weighted by atomic mass is 16.5. The molecule has 0 amide bonds. The Kier molecular flexibility index (Phi) is 9.76. The summed E-state index contributed by atoms with van der Waals surface area (Å²) in [5.41, 5.74) is 8.11. The van der Waals surface area contributed by atoms with E-state index in [2.05, 4.69) is 30.6 Å². The minimum Gasteiger partial charge on any atom is -0.493 e. The predicted octanol–water partition coefficient (Wildman–Crippen LogP) is 2.91. The van der Waals surface area contributed by atoms with E-state index in [9.17, 15) is 4.79 Å². The van der Waals surface area contributed by atoms with Gasteiger partial charge in [0.2, 0.25) is 0 Å². The zero-order chi connectivity index (χ0) is 30.8. The van der Waals surface area contributed by atoms with Crippen molar-refractivity contribution in [1.82, 2.24) is 29.9 Å². The first kappa shape index (κ1) is 29.9. The Morgan fingerprint density at radius 1 is 1.12 bits per heavy atom. The Labute approximate surface area is 245 Å². The molecule has 3 aromatic heterocycles. The van der Waals surface area contributed by atoms with Gasteiger partial charge >= 0.3 is 5.69 Å². The number of H-pyrrole nitrogens is 1. The van der Waals surface area contributed by atoms with Crippen molar-refractivity contribution < 1.29 is 19.4 Å². The second kappa shape index (κ2) is 14.0. The van der Waals surface area contributed by atoms with Gasteiger partial charge in [0.15, 0.2) is 23.1 Å². The number of carboxylic acids is 1. The van der Waals surface area contributed by atoms with Gasteiger partial charge in [-0.2, -0.15) is 9.78 Å². The molecule has 3 heterocycles. The Hall–Kier alpha value is -6.05. The van der Waals surface area contributed by atoms with Crippen LogP contribution in [0.15, 0.2) is 90.1 Å². The highest BCUT2D eigenvalue weighted by Crippen LogP contribution is 2.34. The minimum absolute atomic E-state index is 0.0308. The lowest BCUT2D eigenvalue weighted by molar-refractivity contribution is -0.134. The van der Waals surface area contributed by atoms with Crippen LogP contribution in [-0.4, -0.2) is 54.0 Å². The van der Waals surface area contributed by atoms with E-state index >= 15 is 0 Å². The summed E-state index contributed by atoms with van der Waals surface area (Å²) in [7, 11) is 1.56. The van der Waals surface area contributed by atoms with E-state index < -0.39 is 17.7 Å². The van der Waals surface area contributed by atoms with Crippen molar-refractivity contribution >= 4 is 17.5 Å². The molecule has 0 fully saturated rings. The number of hydrogen-bond donors (Lipinski definition) is 5. The summed E-state index contributed by atoms with van der Waals surface area (Å²) in [5, 5.41) is 30.8. The molecule has 5 aromatic rings. The number of aromatic nitrogens is 6. The molecule has 0 aliphatic carbocycles. The largest absolute Gasteiger partial charge is 0.493 e. The molecule has 6 N–H and O–H groups in total. The third-order valence-electron chi connectivity index (χ3n) is 5.83. The van der Waals surface area contributed by atoms with Crippen LogP contribution in [-0.2, 0) is 11.4 Å². The van der Waals surface area contributed by atoms with Gasteiger partial charge in [-0.1, -0.05) is 12.1 Å². The zero-order valence-electron chi connectivity index (χ0n) is 23.3. The summed E-state index contributed by atoms with van der Waals surface area (Å²) in [6, 6.07) is 19.0. The topological polar surface area (TPSA) is 207 Å². The van der Waals surface area contributed by atoms with Crippen LogP contribution in [0.25, 0.3) is 5.82 Å². The number of hydrogen-bond acceptors (Lipinski definition) is 10. The number of ether oxygens (including phenoxy) is 2. The van der Waals surface area contributed by atoms with Crippen molar-refractivity contribution in [1.29, 1.82) is 5.41 Å². The normalized spacial score (nSPS) is 11.0. The van der Waals surface area contributed by atoms with E-state index in [1.807, 2.05) is 24.3 Å². The van der Waals surface area contributed by atoms with Crippen LogP contribution in [0.3, 0.4) is 0 Å². The summed E-state index contributed by atoms with van der Waals surface area (Å²) in [5.74, 6) is 0.814. The fraction of sp³-hybridized carbons (Fsp3) is 0.138. The predicted molar refractivity (Wildman–Crippen MR) is 158 cm³/mol. The number of pyridine rings is 1. The van der Waals surface area contributed by atoms with Crippen LogP contribution in [0.1, 0.15) is 35.5 Å². The number of benzene rings is 2. The van der Waals surface area contributed by atoms with Gasteiger partial charge in [-0.25, -0.2) is 4.79 Å². The average molecular weight is 584 g/mol. The molecule has 220 valence electrons. The number of aromatic amines is 1. The maximum atomic E-state index is 12.8. The van der Waals surface area contributed by atoms with Gasteiger partial charge in [0, 0.05) is 42.3 Å². The number of anilines is 1. The van der Waals surface area contributed by atoms with Crippen molar-refractivity contribution in [3.05, 3.63) is 118 Å². The number of nitrogens with zero attached hydrogens (tertiary/aromatic N) is 5. The number of nitrogens with one attached hydrogen (secondary N) is 3. The molecule has 0 bridgehead atoms. The molecule has 0 saturated heterocycles. The average Bonchev–Trinajstić information content (AvgIpc) is 3.40. The molecule has 0 unspecified atom stereocenters. The lowest BCUT2D eigenvalue weighted by Crippen LogP contribution is -2.17. The first-order valence-electron chi connectivity index (χ1n) is 12.8. The van der Waals surface area contributed by atoms with E-state index in [1.54, 1.807) is 62.0 Å². The van der Waals surface area contributed by atoms with Crippen molar-refractivity contribution in [3.63, 3.8) is 0 Å². The highest BCUT2D eigenvalue weighted by Gasteiger charge is 2.22. The van der Waals surface area contributed by atoms with Crippen molar-refractivity contribution in [3.8, 4) is 17.3 Å². The van der Waals surface area contributed by atoms with Crippen molar-refractivity contribution in [2.75, 3.05) is 12.4 Å². The maximum absolute atomic E-state index is 12.8. The SMILES string of the molecule is CC(=O)O.COc1cc([C@H](Nc2ccc(C(=N)N)cc2)c2nn(-c3cccnn3)c(=O)[nH]2)ccc1OCc1cccnc1. The van der Waals surface area contributed by atoms with Crippen molar-refractivity contribution in [2.45, 2.75) is 19.6 Å². The Morgan fingerprint density at radius 2 is 1.86 bits per heavy atom. The smallest absolute Gasteiger partial charge is 0.349 e. The zero-order valence-corrected chi connectivity index (χ0v) is 23.3. The van der Waals surface area contributed by atoms with Gasteiger partial charge < -0.3 is 25.6 Å². The van der Waals surface area contributed by atoms with Crippen LogP contribution >= 0.6 is 0 Å². The van der Waals surface area contributed by atoms with Gasteiger partial charge in [0.25, 0.3) is 5.97 Å². The number of nitrogen functional groups attached to an aromatic ring is 1. The molecule has 5 rings (SSSR count). The Morgan fingerprint density at radius 3 is 2.49 bits per heavy atom. The summed E-state index contributed by atoms with van der Waals surface area (Å²) in [4.78, 5) is 28.7. The second-order valence-corrected chi connectivity index (χ2v) is 8.96. The number of amidine groups is 1. The molecule has 14 nitrogen and oxygen atoms in total. The van der Waals surface area contributed by atoms with E-state index in [-0.39, 0.29) is 11.7 Å². The quantitative estimate of drug-likeness (QED) is 0.119. The number of methoxy groups -OCH3 is 1. The van der Waals surface area contributed by atoms with E-state index in [0.29, 0.717) is 29.5 Å². The molecule has 1 atom stereocenters. The van der Waals surface area contributed by atoms with Gasteiger partial charge in [-0.3, -0.25) is 20.2 Å². The first-order valence-corrected chi connectivity index (χ1v) is 12.8. The highest BCUT2D eigenvalue weighted by molar-refractivity contribution is 5.95. The fourth-order valence-electron chi connectivity index (χ4n) is 3.88. The van der Waals surface area contributed by atoms with Gasteiger partial charge in [0.1, 0.15) is 18.5 Å². The molecule has 0 aliphatic heterocycles. The van der Waals surface area contributed by atoms with Crippen LogP contribution < -0.4 is 26.2 Å². The molecule has 43 heavy (non-hydrogen) atoms. The van der Waals surface area contributed by atoms with Crippen LogP contribution in [0.5, 0.6) is 11.5 Å². The fourth-order valence-corrected chi connectivity index (χ4v) is 3.88. The lowest BCUT2D eigenvalue weighted by Gasteiger charge is -2.20. The van der Waals surface area contributed by atoms with Crippen molar-refractivity contribution in [2.24, 2.45) is 5.73 Å². The molecule has 2 aromatic carbocycles. The van der Waals surface area contributed by atoms with Gasteiger partial charge in [-0.15, -0.1) is 10.2 Å². The third kappa shape index (κ3) is 8.00. The molecule has 0 spiro atoms. The monoisotopic (exact) mass is 583 g/mol. The van der Waals surface area contributed by atoms with Gasteiger partial charge in [-0.05, 0) is 60.2 Å². The first-order chi connectivity index (χ1) is 20.7. The summed E-state index contributed by atoms with van der Waals surface area (Å²) in [6.45, 7) is 1.41. The standard InChI is InChI=1S/C27H25N9O3.C2H4O2/c1-38-22-14-19(8-11-21(22)39-16-17-4-2-12-30-15-17)24(32-20-9-6-18(7-10-20)25(28)29)26-33-27(37)36(35-26)23-5-3-13-31-34-23;1-2(3)4/h2-15,24,32H,16H2,1H3,(H3,28,29)(H,33,35,37);1H3,(H,3,4)/t24-;/m0./s1. The Bertz CT molecular complexity index is 1720. The molecular weight excluding hydrogens is 554 g/mol. The second-order valence-electron chi connectivity index (χ2n) is 8.96. The molecule has 0 saturated carbocycles. The molecule has 0 radical (unpaired) electrons. The van der Waals surface area contributed by atoms with Crippen LogP contribution in [0, 0.1) is 5.41 Å². The maximum Gasteiger partial charge on any atom is 0.349 e. The van der Waals surface area contributed by atoms with Gasteiger partial charge in [0.05, 0.1) is 7.11 Å². The molecule has 0 aliphatic rings. The Balaban J connectivity index is 0.000000996.